The normalized spacial score (nSPS) is 12.9. The second-order valence-electron chi connectivity index (χ2n) is 6.04. The van der Waals surface area contributed by atoms with Gasteiger partial charge in [0.2, 0.25) is 0 Å². The second kappa shape index (κ2) is 6.42. The summed E-state index contributed by atoms with van der Waals surface area (Å²) in [4.78, 5) is 37.6. The molecule has 3 heterocycles. The van der Waals surface area contributed by atoms with E-state index >= 15 is 0 Å². The van der Waals surface area contributed by atoms with Gasteiger partial charge in [0.05, 0.1) is 22.2 Å². The molecule has 0 bridgehead atoms. The lowest BCUT2D eigenvalue weighted by Gasteiger charge is -2.12. The summed E-state index contributed by atoms with van der Waals surface area (Å²) in [5.74, 6) is -1.75. The summed E-state index contributed by atoms with van der Waals surface area (Å²) in [6.07, 6.45) is 3.50. The first-order chi connectivity index (χ1) is 13.1. The average molecular weight is 359 g/mol. The van der Waals surface area contributed by atoms with E-state index in [1.807, 2.05) is 12.1 Å². The Morgan fingerprint density at radius 1 is 1.04 bits per heavy atom. The van der Waals surface area contributed by atoms with Crippen LogP contribution in [-0.4, -0.2) is 33.6 Å². The Morgan fingerprint density at radius 3 is 2.37 bits per heavy atom. The van der Waals surface area contributed by atoms with Crippen LogP contribution in [0.15, 0.2) is 54.9 Å². The van der Waals surface area contributed by atoms with Gasteiger partial charge >= 0.3 is 5.97 Å². The van der Waals surface area contributed by atoms with Crippen LogP contribution in [0.25, 0.3) is 5.52 Å². The maximum atomic E-state index is 12.3. The number of rotatable bonds is 4. The first-order valence-corrected chi connectivity index (χ1v) is 8.19. The van der Waals surface area contributed by atoms with E-state index in [0.29, 0.717) is 16.6 Å². The molecule has 0 aliphatic carbocycles. The molecule has 132 valence electrons. The molecule has 7 heteroatoms. The second-order valence-corrected chi connectivity index (χ2v) is 6.04. The van der Waals surface area contributed by atoms with Crippen molar-refractivity contribution in [3.63, 3.8) is 0 Å². The molecule has 0 saturated carbocycles. The summed E-state index contributed by atoms with van der Waals surface area (Å²) < 4.78 is 6.98. The topological polar surface area (TPSA) is 91.9 Å². The number of hydrogen-bond donors (Lipinski definition) is 0. The molecule has 0 atom stereocenters. The van der Waals surface area contributed by atoms with E-state index in [-0.39, 0.29) is 17.7 Å². The number of ether oxygens (including phenoxy) is 1. The fraction of sp³-hybridized carbons (Fsp3) is 0.100. The van der Waals surface area contributed by atoms with Crippen molar-refractivity contribution >= 4 is 23.3 Å². The third-order valence-corrected chi connectivity index (χ3v) is 4.43. The number of imide groups is 1. The van der Waals surface area contributed by atoms with E-state index in [2.05, 4.69) is 6.07 Å². The van der Waals surface area contributed by atoms with Gasteiger partial charge in [0.25, 0.3) is 11.8 Å². The highest BCUT2D eigenvalue weighted by Gasteiger charge is 2.36. The Hall–Kier alpha value is -3.92. The summed E-state index contributed by atoms with van der Waals surface area (Å²) in [6, 6.07) is 14.0. The van der Waals surface area contributed by atoms with E-state index in [4.69, 9.17) is 4.74 Å². The minimum absolute atomic E-state index is 0.118. The Balaban J connectivity index is 1.47. The quantitative estimate of drug-likeness (QED) is 0.526. The number of pyridine rings is 1. The summed E-state index contributed by atoms with van der Waals surface area (Å²) in [5, 5.41) is 9.37. The van der Waals surface area contributed by atoms with Crippen molar-refractivity contribution in [3.05, 3.63) is 77.1 Å². The van der Waals surface area contributed by atoms with E-state index in [0.717, 1.165) is 4.90 Å². The average Bonchev–Trinajstić information content (AvgIpc) is 3.17. The van der Waals surface area contributed by atoms with E-state index in [1.54, 1.807) is 47.1 Å². The minimum Gasteiger partial charge on any atom is -0.459 e. The molecule has 0 N–H and O–H groups in total. The molecule has 3 aromatic rings. The van der Waals surface area contributed by atoms with Crippen LogP contribution in [0.4, 0.5) is 0 Å². The zero-order chi connectivity index (χ0) is 19.0. The highest BCUT2D eigenvalue weighted by atomic mass is 16.5. The molecule has 2 aromatic heterocycles. The number of amides is 2. The van der Waals surface area contributed by atoms with Gasteiger partial charge in [0.1, 0.15) is 19.2 Å². The SMILES string of the molecule is N#Cc1c(COC(=O)CN2C(=O)c3ccccc3C2=O)cn2ccccc12. The van der Waals surface area contributed by atoms with Crippen molar-refractivity contribution in [1.29, 1.82) is 5.26 Å². The molecule has 0 radical (unpaired) electrons. The van der Waals surface area contributed by atoms with Crippen LogP contribution in [0, 0.1) is 11.3 Å². The van der Waals surface area contributed by atoms with Gasteiger partial charge in [-0.3, -0.25) is 19.3 Å². The first-order valence-electron chi connectivity index (χ1n) is 8.19. The number of carbonyl (C=O) groups is 3. The molecule has 1 aromatic carbocycles. The van der Waals surface area contributed by atoms with Crippen LogP contribution < -0.4 is 0 Å². The summed E-state index contributed by atoms with van der Waals surface area (Å²) >= 11 is 0. The third-order valence-electron chi connectivity index (χ3n) is 4.43. The van der Waals surface area contributed by atoms with Crippen LogP contribution in [-0.2, 0) is 16.1 Å². The fourth-order valence-electron chi connectivity index (χ4n) is 3.13. The van der Waals surface area contributed by atoms with Gasteiger partial charge in [-0.25, -0.2) is 0 Å². The van der Waals surface area contributed by atoms with Crippen molar-refractivity contribution in [2.45, 2.75) is 6.61 Å². The van der Waals surface area contributed by atoms with Crippen molar-refractivity contribution in [3.8, 4) is 6.07 Å². The van der Waals surface area contributed by atoms with E-state index in [9.17, 15) is 19.6 Å². The Kier molecular flexibility index (Phi) is 3.94. The van der Waals surface area contributed by atoms with Gasteiger partial charge in [0.15, 0.2) is 0 Å². The van der Waals surface area contributed by atoms with Crippen LogP contribution in [0.5, 0.6) is 0 Å². The number of aromatic nitrogens is 1. The Morgan fingerprint density at radius 2 is 1.70 bits per heavy atom. The molecule has 0 unspecified atom stereocenters. The molecule has 0 spiro atoms. The van der Waals surface area contributed by atoms with Gasteiger partial charge < -0.3 is 9.14 Å². The smallest absolute Gasteiger partial charge is 0.326 e. The van der Waals surface area contributed by atoms with E-state index in [1.165, 1.54) is 0 Å². The van der Waals surface area contributed by atoms with Gasteiger partial charge in [-0.2, -0.15) is 5.26 Å². The zero-order valence-corrected chi connectivity index (χ0v) is 14.1. The van der Waals surface area contributed by atoms with Gasteiger partial charge in [0, 0.05) is 18.0 Å². The molecule has 0 fully saturated rings. The Labute approximate surface area is 154 Å². The lowest BCUT2D eigenvalue weighted by Crippen LogP contribution is -2.35. The zero-order valence-electron chi connectivity index (χ0n) is 14.1. The van der Waals surface area contributed by atoms with E-state index < -0.39 is 24.3 Å². The molecule has 7 nitrogen and oxygen atoms in total. The predicted octanol–water partition coefficient (Wildman–Crippen LogP) is 2.15. The fourth-order valence-corrected chi connectivity index (χ4v) is 3.13. The maximum Gasteiger partial charge on any atom is 0.326 e. The number of carbonyl (C=O) groups excluding carboxylic acids is 3. The summed E-state index contributed by atoms with van der Waals surface area (Å²) in [5.41, 5.74) is 2.25. The number of fused-ring (bicyclic) bond motifs is 2. The maximum absolute atomic E-state index is 12.3. The standard InChI is InChI=1S/C20H13N3O4/c21-9-16-13(10-22-8-4-3-7-17(16)22)12-27-18(24)11-23-19(25)14-5-1-2-6-15(14)20(23)26/h1-8,10H,11-12H2. The van der Waals surface area contributed by atoms with Crippen molar-refractivity contribution in [1.82, 2.24) is 9.30 Å². The molecule has 2 amide bonds. The number of esters is 1. The third kappa shape index (κ3) is 2.73. The number of nitriles is 1. The van der Waals surface area contributed by atoms with Crippen molar-refractivity contribution in [2.24, 2.45) is 0 Å². The lowest BCUT2D eigenvalue weighted by molar-refractivity contribution is -0.145. The Bertz CT molecular complexity index is 1100. The van der Waals surface area contributed by atoms with Crippen LogP contribution >= 0.6 is 0 Å². The molecule has 27 heavy (non-hydrogen) atoms. The van der Waals surface area contributed by atoms with Crippen LogP contribution in [0.3, 0.4) is 0 Å². The minimum atomic E-state index is -0.719. The largest absolute Gasteiger partial charge is 0.459 e. The molecule has 0 saturated heterocycles. The van der Waals surface area contributed by atoms with Gasteiger partial charge in [-0.1, -0.05) is 18.2 Å². The lowest BCUT2D eigenvalue weighted by atomic mass is 10.1. The molecule has 4 rings (SSSR count). The van der Waals surface area contributed by atoms with Crippen LogP contribution in [0.2, 0.25) is 0 Å². The van der Waals surface area contributed by atoms with Crippen molar-refractivity contribution < 1.29 is 19.1 Å². The molecular weight excluding hydrogens is 346 g/mol. The summed E-state index contributed by atoms with van der Waals surface area (Å²) in [7, 11) is 0. The monoisotopic (exact) mass is 359 g/mol. The number of hydrogen-bond acceptors (Lipinski definition) is 5. The first kappa shape index (κ1) is 16.5. The van der Waals surface area contributed by atoms with Gasteiger partial charge in [-0.05, 0) is 24.3 Å². The molecule has 1 aliphatic heterocycles. The molecule has 1 aliphatic rings. The van der Waals surface area contributed by atoms with Crippen LogP contribution in [0.1, 0.15) is 31.8 Å². The van der Waals surface area contributed by atoms with Gasteiger partial charge in [-0.15, -0.1) is 0 Å². The summed E-state index contributed by atoms with van der Waals surface area (Å²) in [6.45, 7) is -0.589. The number of benzene rings is 1. The highest BCUT2D eigenvalue weighted by Crippen LogP contribution is 2.22. The number of nitrogens with zero attached hydrogens (tertiary/aromatic N) is 3. The molecular formula is C20H13N3O4. The highest BCUT2D eigenvalue weighted by molar-refractivity contribution is 6.22. The van der Waals surface area contributed by atoms with Crippen molar-refractivity contribution in [2.75, 3.05) is 6.54 Å². The predicted molar refractivity (Wildman–Crippen MR) is 93.7 cm³/mol.